The van der Waals surface area contributed by atoms with Gasteiger partial charge in [0.1, 0.15) is 11.6 Å². The molecule has 3 N–H and O–H groups in total. The van der Waals surface area contributed by atoms with Gasteiger partial charge in [-0.15, -0.1) is 0 Å². The van der Waals surface area contributed by atoms with Crippen LogP contribution in [0.3, 0.4) is 0 Å². The SMILES string of the molecule is Nc1nc(Nc2cc(F)ccc2F)nc(-c2noc(-c3ccco3)n2)n1. The highest BCUT2D eigenvalue weighted by Crippen LogP contribution is 2.23. The molecule has 0 aliphatic carbocycles. The summed E-state index contributed by atoms with van der Waals surface area (Å²) in [5.41, 5.74) is 5.48. The first-order valence-corrected chi connectivity index (χ1v) is 7.20. The maximum Gasteiger partial charge on any atom is 0.294 e. The molecular weight excluding hydrogens is 348 g/mol. The number of furan rings is 1. The van der Waals surface area contributed by atoms with Gasteiger partial charge in [0.15, 0.2) is 5.76 Å². The zero-order valence-electron chi connectivity index (χ0n) is 12.8. The van der Waals surface area contributed by atoms with Crippen molar-refractivity contribution in [3.8, 4) is 23.3 Å². The van der Waals surface area contributed by atoms with Gasteiger partial charge < -0.3 is 20.0 Å². The van der Waals surface area contributed by atoms with Crippen LogP contribution in [-0.4, -0.2) is 25.1 Å². The van der Waals surface area contributed by atoms with Gasteiger partial charge >= 0.3 is 0 Å². The molecule has 26 heavy (non-hydrogen) atoms. The van der Waals surface area contributed by atoms with Crippen molar-refractivity contribution in [2.45, 2.75) is 0 Å². The Morgan fingerprint density at radius 3 is 2.69 bits per heavy atom. The summed E-state index contributed by atoms with van der Waals surface area (Å²) in [5, 5.41) is 6.28. The number of benzene rings is 1. The Hall–Kier alpha value is -3.89. The fraction of sp³-hybridized carbons (Fsp3) is 0. The zero-order valence-corrected chi connectivity index (χ0v) is 12.8. The third-order valence-corrected chi connectivity index (χ3v) is 3.19. The van der Waals surface area contributed by atoms with Gasteiger partial charge in [0.25, 0.3) is 5.89 Å². The molecule has 1 aromatic carbocycles. The van der Waals surface area contributed by atoms with Gasteiger partial charge in [0.05, 0.1) is 12.0 Å². The lowest BCUT2D eigenvalue weighted by molar-refractivity contribution is 0.416. The molecule has 4 rings (SSSR count). The van der Waals surface area contributed by atoms with Crippen molar-refractivity contribution in [2.24, 2.45) is 0 Å². The van der Waals surface area contributed by atoms with Crippen LogP contribution in [0.15, 0.2) is 45.5 Å². The maximum atomic E-state index is 13.8. The van der Waals surface area contributed by atoms with E-state index in [1.807, 2.05) is 0 Å². The average molecular weight is 357 g/mol. The summed E-state index contributed by atoms with van der Waals surface area (Å²) in [6.45, 7) is 0. The molecule has 3 heterocycles. The molecule has 0 amide bonds. The number of hydrogen-bond acceptors (Lipinski definition) is 9. The third kappa shape index (κ3) is 3.05. The van der Waals surface area contributed by atoms with Gasteiger partial charge in [-0.1, -0.05) is 5.16 Å². The Balaban J connectivity index is 1.67. The van der Waals surface area contributed by atoms with Crippen molar-refractivity contribution in [1.29, 1.82) is 0 Å². The van der Waals surface area contributed by atoms with E-state index in [-0.39, 0.29) is 35.1 Å². The summed E-state index contributed by atoms with van der Waals surface area (Å²) in [5.74, 6) is -1.10. The summed E-state index contributed by atoms with van der Waals surface area (Å²) in [6, 6.07) is 6.22. The summed E-state index contributed by atoms with van der Waals surface area (Å²) >= 11 is 0. The van der Waals surface area contributed by atoms with Crippen molar-refractivity contribution >= 4 is 17.6 Å². The van der Waals surface area contributed by atoms with Crippen molar-refractivity contribution < 1.29 is 17.7 Å². The van der Waals surface area contributed by atoms with E-state index in [0.29, 0.717) is 5.76 Å². The quantitative estimate of drug-likeness (QED) is 0.566. The molecule has 0 unspecified atom stereocenters. The van der Waals surface area contributed by atoms with Crippen LogP contribution in [0.2, 0.25) is 0 Å². The van der Waals surface area contributed by atoms with Crippen LogP contribution in [0.5, 0.6) is 0 Å². The van der Waals surface area contributed by atoms with E-state index in [4.69, 9.17) is 14.7 Å². The largest absolute Gasteiger partial charge is 0.459 e. The number of aromatic nitrogens is 5. The van der Waals surface area contributed by atoms with Crippen LogP contribution in [0.25, 0.3) is 23.3 Å². The van der Waals surface area contributed by atoms with Crippen LogP contribution >= 0.6 is 0 Å². The molecule has 0 bridgehead atoms. The topological polar surface area (TPSA) is 129 Å². The minimum atomic E-state index is -0.688. The number of nitrogens with zero attached hydrogens (tertiary/aromatic N) is 5. The lowest BCUT2D eigenvalue weighted by atomic mass is 10.3. The van der Waals surface area contributed by atoms with Crippen molar-refractivity contribution in [2.75, 3.05) is 11.1 Å². The minimum Gasteiger partial charge on any atom is -0.459 e. The Kier molecular flexibility index (Phi) is 3.73. The first kappa shape index (κ1) is 15.6. The second kappa shape index (κ2) is 6.20. The van der Waals surface area contributed by atoms with Crippen LogP contribution in [0, 0.1) is 11.6 Å². The molecule has 0 spiro atoms. The Morgan fingerprint density at radius 2 is 1.88 bits per heavy atom. The highest BCUT2D eigenvalue weighted by atomic mass is 19.1. The fourth-order valence-corrected chi connectivity index (χ4v) is 2.08. The highest BCUT2D eigenvalue weighted by molar-refractivity contribution is 5.58. The summed E-state index contributed by atoms with van der Waals surface area (Å²) in [4.78, 5) is 15.9. The number of nitrogen functional groups attached to an aromatic ring is 1. The lowest BCUT2D eigenvalue weighted by Crippen LogP contribution is -2.06. The predicted molar refractivity (Wildman–Crippen MR) is 84.9 cm³/mol. The van der Waals surface area contributed by atoms with E-state index >= 15 is 0 Å². The number of halogens is 2. The van der Waals surface area contributed by atoms with E-state index < -0.39 is 11.6 Å². The van der Waals surface area contributed by atoms with Gasteiger partial charge in [-0.3, -0.25) is 0 Å². The molecule has 11 heteroatoms. The Labute approximate surface area is 143 Å². The number of nitrogens with two attached hydrogens (primary N) is 1. The smallest absolute Gasteiger partial charge is 0.294 e. The zero-order chi connectivity index (χ0) is 18.1. The molecule has 0 fully saturated rings. The number of anilines is 3. The first-order valence-electron chi connectivity index (χ1n) is 7.20. The summed E-state index contributed by atoms with van der Waals surface area (Å²) < 4.78 is 37.3. The maximum absolute atomic E-state index is 13.8. The van der Waals surface area contributed by atoms with Gasteiger partial charge in [-0.05, 0) is 24.3 Å². The molecule has 0 radical (unpaired) electrons. The van der Waals surface area contributed by atoms with Gasteiger partial charge in [0, 0.05) is 6.07 Å². The number of rotatable bonds is 4. The minimum absolute atomic E-state index is 0.0154. The van der Waals surface area contributed by atoms with E-state index in [1.54, 1.807) is 12.1 Å². The van der Waals surface area contributed by atoms with Crippen molar-refractivity contribution in [3.05, 3.63) is 48.2 Å². The van der Waals surface area contributed by atoms with Crippen molar-refractivity contribution in [3.63, 3.8) is 0 Å². The monoisotopic (exact) mass is 357 g/mol. The molecule has 3 aromatic heterocycles. The normalized spacial score (nSPS) is 10.8. The van der Waals surface area contributed by atoms with E-state index in [9.17, 15) is 8.78 Å². The highest BCUT2D eigenvalue weighted by Gasteiger charge is 2.17. The van der Waals surface area contributed by atoms with Crippen LogP contribution in [-0.2, 0) is 0 Å². The molecule has 0 saturated heterocycles. The van der Waals surface area contributed by atoms with E-state index in [1.165, 1.54) is 6.26 Å². The summed E-state index contributed by atoms with van der Waals surface area (Å²) in [7, 11) is 0. The average Bonchev–Trinajstić information content (AvgIpc) is 3.28. The Morgan fingerprint density at radius 1 is 1.00 bits per heavy atom. The third-order valence-electron chi connectivity index (χ3n) is 3.19. The van der Waals surface area contributed by atoms with Crippen LogP contribution in [0.1, 0.15) is 0 Å². The van der Waals surface area contributed by atoms with E-state index in [2.05, 4.69) is 30.4 Å². The lowest BCUT2D eigenvalue weighted by Gasteiger charge is -2.07. The Bertz CT molecular complexity index is 1070. The second-order valence-electron chi connectivity index (χ2n) is 4.99. The second-order valence-corrected chi connectivity index (χ2v) is 4.99. The molecular formula is C15H9F2N7O2. The molecule has 9 nitrogen and oxygen atoms in total. The van der Waals surface area contributed by atoms with Crippen molar-refractivity contribution in [1.82, 2.24) is 25.1 Å². The molecule has 130 valence electrons. The van der Waals surface area contributed by atoms with Crippen LogP contribution < -0.4 is 11.1 Å². The number of hydrogen-bond donors (Lipinski definition) is 2. The van der Waals surface area contributed by atoms with Gasteiger partial charge in [-0.25, -0.2) is 8.78 Å². The first-order chi connectivity index (χ1) is 12.6. The fourth-order valence-electron chi connectivity index (χ4n) is 2.08. The van der Waals surface area contributed by atoms with E-state index in [0.717, 1.165) is 18.2 Å². The molecule has 0 aliphatic rings. The number of nitrogens with one attached hydrogen (secondary N) is 1. The molecule has 0 aliphatic heterocycles. The standard InChI is InChI=1S/C15H9F2N7O2/c16-7-3-4-8(17)9(6-7)19-15-22-11(21-14(18)23-15)12-20-13(26-24-12)10-2-1-5-25-10/h1-6H,(H3,18,19,21,22,23). The van der Waals surface area contributed by atoms with Gasteiger partial charge in [-0.2, -0.15) is 19.9 Å². The summed E-state index contributed by atoms with van der Waals surface area (Å²) in [6.07, 6.45) is 1.45. The molecule has 0 atom stereocenters. The molecule has 4 aromatic rings. The predicted octanol–water partition coefficient (Wildman–Crippen LogP) is 2.79. The van der Waals surface area contributed by atoms with Crippen LogP contribution in [0.4, 0.5) is 26.4 Å². The van der Waals surface area contributed by atoms with Gasteiger partial charge in [0.2, 0.25) is 23.5 Å². The molecule has 0 saturated carbocycles.